The highest BCUT2D eigenvalue weighted by atomic mass is 19.1. The zero-order valence-corrected chi connectivity index (χ0v) is 11.3. The van der Waals surface area contributed by atoms with Gasteiger partial charge in [0.2, 0.25) is 0 Å². The zero-order valence-electron chi connectivity index (χ0n) is 11.3. The van der Waals surface area contributed by atoms with Crippen LogP contribution < -0.4 is 15.8 Å². The molecule has 3 N–H and O–H groups in total. The molecule has 0 aliphatic carbocycles. The van der Waals surface area contributed by atoms with E-state index in [2.05, 4.69) is 5.32 Å². The van der Waals surface area contributed by atoms with Crippen LogP contribution in [0.15, 0.2) is 42.5 Å². The van der Waals surface area contributed by atoms with E-state index in [1.807, 2.05) is 0 Å². The number of carbonyl (C=O) groups excluding carboxylic acids is 2. The first kappa shape index (κ1) is 15.4. The van der Waals surface area contributed by atoms with Crippen molar-refractivity contribution in [2.24, 2.45) is 5.73 Å². The summed E-state index contributed by atoms with van der Waals surface area (Å²) >= 11 is 0. The van der Waals surface area contributed by atoms with E-state index >= 15 is 0 Å². The lowest BCUT2D eigenvalue weighted by Gasteiger charge is -2.08. The Morgan fingerprint density at radius 2 is 1.91 bits per heavy atom. The van der Waals surface area contributed by atoms with Gasteiger partial charge in [-0.25, -0.2) is 8.78 Å². The first-order valence-electron chi connectivity index (χ1n) is 6.23. The van der Waals surface area contributed by atoms with E-state index in [1.54, 1.807) is 0 Å². The number of rotatable bonds is 5. The number of carbonyl (C=O) groups is 2. The predicted octanol–water partition coefficient (Wildman–Crippen LogP) is 2.08. The van der Waals surface area contributed by atoms with Crippen LogP contribution in [-0.4, -0.2) is 18.4 Å². The largest absolute Gasteiger partial charge is 0.484 e. The minimum Gasteiger partial charge on any atom is -0.484 e. The molecular formula is C15H12F2N2O3. The fourth-order valence-corrected chi connectivity index (χ4v) is 1.67. The van der Waals surface area contributed by atoms with Crippen molar-refractivity contribution >= 4 is 17.5 Å². The highest BCUT2D eigenvalue weighted by Gasteiger charge is 2.11. The van der Waals surface area contributed by atoms with Crippen LogP contribution in [0.1, 0.15) is 10.4 Å². The summed E-state index contributed by atoms with van der Waals surface area (Å²) in [7, 11) is 0. The summed E-state index contributed by atoms with van der Waals surface area (Å²) in [5, 5.41) is 2.32. The molecule has 0 radical (unpaired) electrons. The molecule has 0 heterocycles. The van der Waals surface area contributed by atoms with Crippen molar-refractivity contribution in [1.82, 2.24) is 0 Å². The molecule has 2 aromatic rings. The minimum atomic E-state index is -0.880. The Morgan fingerprint density at radius 3 is 2.59 bits per heavy atom. The van der Waals surface area contributed by atoms with E-state index in [0.29, 0.717) is 6.07 Å². The maximum Gasteiger partial charge on any atom is 0.255 e. The Morgan fingerprint density at radius 1 is 1.14 bits per heavy atom. The quantitative estimate of drug-likeness (QED) is 0.887. The Hall–Kier alpha value is -2.96. The van der Waals surface area contributed by atoms with E-state index in [9.17, 15) is 18.4 Å². The zero-order chi connectivity index (χ0) is 16.1. The van der Waals surface area contributed by atoms with Crippen molar-refractivity contribution in [3.8, 4) is 5.75 Å². The Kier molecular flexibility index (Phi) is 4.67. The van der Waals surface area contributed by atoms with E-state index in [1.165, 1.54) is 24.3 Å². The van der Waals surface area contributed by atoms with Crippen LogP contribution in [-0.2, 0) is 4.79 Å². The average Bonchev–Trinajstić information content (AvgIpc) is 2.48. The van der Waals surface area contributed by atoms with Gasteiger partial charge < -0.3 is 15.8 Å². The molecule has 0 aliphatic heterocycles. The highest BCUT2D eigenvalue weighted by Crippen LogP contribution is 2.18. The van der Waals surface area contributed by atoms with Crippen molar-refractivity contribution < 1.29 is 23.1 Å². The van der Waals surface area contributed by atoms with Crippen LogP contribution in [0.5, 0.6) is 5.75 Å². The number of anilines is 1. The van der Waals surface area contributed by atoms with E-state index < -0.39 is 23.4 Å². The predicted molar refractivity (Wildman–Crippen MR) is 75.4 cm³/mol. The summed E-state index contributed by atoms with van der Waals surface area (Å²) in [5.41, 5.74) is 5.00. The summed E-state index contributed by atoms with van der Waals surface area (Å²) < 4.78 is 31.4. The van der Waals surface area contributed by atoms with Crippen LogP contribution in [0.2, 0.25) is 0 Å². The van der Waals surface area contributed by atoms with Gasteiger partial charge in [0.1, 0.15) is 17.4 Å². The summed E-state index contributed by atoms with van der Waals surface area (Å²) in [6.07, 6.45) is 0. The monoisotopic (exact) mass is 306 g/mol. The number of nitrogens with one attached hydrogen (secondary N) is 1. The molecule has 5 nitrogen and oxygen atoms in total. The molecule has 22 heavy (non-hydrogen) atoms. The number of ether oxygens (including phenoxy) is 1. The van der Waals surface area contributed by atoms with Crippen molar-refractivity contribution in [2.75, 3.05) is 11.9 Å². The van der Waals surface area contributed by atoms with E-state index in [4.69, 9.17) is 10.5 Å². The van der Waals surface area contributed by atoms with Gasteiger partial charge in [0, 0.05) is 11.6 Å². The normalized spacial score (nSPS) is 10.1. The molecule has 0 fully saturated rings. The van der Waals surface area contributed by atoms with Crippen LogP contribution in [0.25, 0.3) is 0 Å². The maximum absolute atomic E-state index is 13.5. The second-order valence-electron chi connectivity index (χ2n) is 4.36. The number of halogens is 2. The van der Waals surface area contributed by atoms with Crippen molar-refractivity contribution in [3.63, 3.8) is 0 Å². The number of hydrogen-bond acceptors (Lipinski definition) is 3. The first-order valence-corrected chi connectivity index (χ1v) is 6.23. The Bertz CT molecular complexity index is 720. The van der Waals surface area contributed by atoms with E-state index in [0.717, 1.165) is 12.1 Å². The fourth-order valence-electron chi connectivity index (χ4n) is 1.67. The smallest absolute Gasteiger partial charge is 0.255 e. The van der Waals surface area contributed by atoms with Crippen LogP contribution in [0, 0.1) is 11.6 Å². The number of benzene rings is 2. The third kappa shape index (κ3) is 4.02. The molecule has 7 heteroatoms. The van der Waals surface area contributed by atoms with Gasteiger partial charge in [0.25, 0.3) is 11.8 Å². The number of amides is 2. The molecule has 0 aliphatic rings. The molecule has 0 spiro atoms. The van der Waals surface area contributed by atoms with Crippen LogP contribution in [0.3, 0.4) is 0 Å². The summed E-state index contributed by atoms with van der Waals surface area (Å²) in [6.45, 7) is -0.322. The second kappa shape index (κ2) is 6.66. The Labute approximate surface area is 124 Å². The molecule has 2 rings (SSSR count). The molecule has 0 bridgehead atoms. The summed E-state index contributed by atoms with van der Waals surface area (Å²) in [5.74, 6) is -2.60. The molecule has 0 unspecified atom stereocenters. The average molecular weight is 306 g/mol. The van der Waals surface area contributed by atoms with Gasteiger partial charge in [-0.05, 0) is 30.3 Å². The van der Waals surface area contributed by atoms with Crippen molar-refractivity contribution in [2.45, 2.75) is 0 Å². The van der Waals surface area contributed by atoms with Gasteiger partial charge in [-0.1, -0.05) is 6.07 Å². The standard InChI is InChI=1S/C15H12F2N2O3/c16-10-4-5-13(12(17)7-10)19-15(21)9-2-1-3-11(6-9)22-8-14(18)20/h1-7H,8H2,(H2,18,20)(H,19,21). The lowest BCUT2D eigenvalue weighted by atomic mass is 10.2. The molecule has 0 atom stereocenters. The lowest BCUT2D eigenvalue weighted by Crippen LogP contribution is -2.20. The summed E-state index contributed by atoms with van der Waals surface area (Å²) in [4.78, 5) is 22.7. The third-order valence-corrected chi connectivity index (χ3v) is 2.66. The first-order chi connectivity index (χ1) is 10.5. The second-order valence-corrected chi connectivity index (χ2v) is 4.36. The Balaban J connectivity index is 2.12. The van der Waals surface area contributed by atoms with Crippen molar-refractivity contribution in [1.29, 1.82) is 0 Å². The number of primary amides is 1. The van der Waals surface area contributed by atoms with Crippen LogP contribution >= 0.6 is 0 Å². The van der Waals surface area contributed by atoms with Crippen molar-refractivity contribution in [3.05, 3.63) is 59.7 Å². The highest BCUT2D eigenvalue weighted by molar-refractivity contribution is 6.04. The van der Waals surface area contributed by atoms with Crippen LogP contribution in [0.4, 0.5) is 14.5 Å². The lowest BCUT2D eigenvalue weighted by molar-refractivity contribution is -0.119. The molecule has 2 aromatic carbocycles. The molecular weight excluding hydrogens is 294 g/mol. The summed E-state index contributed by atoms with van der Waals surface area (Å²) in [6, 6.07) is 8.75. The van der Waals surface area contributed by atoms with Gasteiger partial charge in [0.05, 0.1) is 5.69 Å². The van der Waals surface area contributed by atoms with Gasteiger partial charge in [-0.2, -0.15) is 0 Å². The van der Waals surface area contributed by atoms with Gasteiger partial charge in [0.15, 0.2) is 6.61 Å². The molecule has 0 saturated carbocycles. The molecule has 2 amide bonds. The maximum atomic E-state index is 13.5. The molecule has 114 valence electrons. The fraction of sp³-hybridized carbons (Fsp3) is 0.0667. The van der Waals surface area contributed by atoms with E-state index in [-0.39, 0.29) is 23.6 Å². The number of hydrogen-bond donors (Lipinski definition) is 2. The topological polar surface area (TPSA) is 81.4 Å². The minimum absolute atomic E-state index is 0.144. The molecule has 0 saturated heterocycles. The SMILES string of the molecule is NC(=O)COc1cccc(C(=O)Nc2ccc(F)cc2F)c1. The number of nitrogens with two attached hydrogens (primary N) is 1. The van der Waals surface area contributed by atoms with Gasteiger partial charge >= 0.3 is 0 Å². The van der Waals surface area contributed by atoms with Gasteiger partial charge in [-0.15, -0.1) is 0 Å². The third-order valence-electron chi connectivity index (χ3n) is 2.66. The molecule has 0 aromatic heterocycles. The van der Waals surface area contributed by atoms with Gasteiger partial charge in [-0.3, -0.25) is 9.59 Å².